The molecule has 2 aliphatic rings. The molecule has 1 unspecified atom stereocenters. The summed E-state index contributed by atoms with van der Waals surface area (Å²) >= 11 is 0. The average Bonchev–Trinajstić information content (AvgIpc) is 3.14. The van der Waals surface area contributed by atoms with E-state index in [0.29, 0.717) is 44.2 Å². The van der Waals surface area contributed by atoms with Gasteiger partial charge in [0.05, 0.1) is 32.7 Å². The van der Waals surface area contributed by atoms with Crippen molar-refractivity contribution >= 4 is 11.8 Å². The molecule has 0 N–H and O–H groups in total. The molecule has 2 fully saturated rings. The summed E-state index contributed by atoms with van der Waals surface area (Å²) in [4.78, 5) is 29.5. The molecule has 0 radical (unpaired) electrons. The number of piperidine rings is 1. The molecule has 1 aromatic carbocycles. The molecule has 1 aromatic rings. The molecule has 28 heavy (non-hydrogen) atoms. The van der Waals surface area contributed by atoms with Crippen molar-refractivity contribution in [3.8, 4) is 11.5 Å². The summed E-state index contributed by atoms with van der Waals surface area (Å²) in [6.07, 6.45) is 2.88. The van der Waals surface area contributed by atoms with E-state index in [4.69, 9.17) is 14.2 Å². The lowest BCUT2D eigenvalue weighted by Crippen LogP contribution is -2.50. The van der Waals surface area contributed by atoms with Crippen LogP contribution in [0.4, 0.5) is 0 Å². The third-order valence-electron chi connectivity index (χ3n) is 5.90. The fourth-order valence-corrected chi connectivity index (χ4v) is 4.40. The zero-order valence-corrected chi connectivity index (χ0v) is 17.0. The fraction of sp³-hybridized carbons (Fsp3) is 0.619. The third kappa shape index (κ3) is 3.94. The normalized spacial score (nSPS) is 22.0. The van der Waals surface area contributed by atoms with Crippen LogP contribution < -0.4 is 9.47 Å². The first-order valence-corrected chi connectivity index (χ1v) is 9.80. The molecule has 2 heterocycles. The number of methoxy groups -OCH3 is 3. The average molecular weight is 390 g/mol. The highest BCUT2D eigenvalue weighted by atomic mass is 16.5. The molecule has 1 atom stereocenters. The summed E-state index contributed by atoms with van der Waals surface area (Å²) < 4.78 is 15.9. The Kier molecular flexibility index (Phi) is 6.44. The lowest BCUT2D eigenvalue weighted by Gasteiger charge is -2.39. The molecular formula is C21H30N2O5. The van der Waals surface area contributed by atoms with E-state index in [1.54, 1.807) is 21.3 Å². The third-order valence-corrected chi connectivity index (χ3v) is 5.90. The van der Waals surface area contributed by atoms with Gasteiger partial charge in [-0.25, -0.2) is 0 Å². The zero-order valence-electron chi connectivity index (χ0n) is 17.0. The molecule has 3 rings (SSSR count). The Morgan fingerprint density at radius 2 is 1.96 bits per heavy atom. The molecule has 7 nitrogen and oxygen atoms in total. The number of nitrogens with zero attached hydrogens (tertiary/aromatic N) is 2. The van der Waals surface area contributed by atoms with Crippen LogP contribution in [-0.2, 0) is 20.9 Å². The van der Waals surface area contributed by atoms with Gasteiger partial charge in [0.2, 0.25) is 11.8 Å². The maximum Gasteiger partial charge on any atom is 0.230 e. The fourth-order valence-electron chi connectivity index (χ4n) is 4.40. The number of hydrogen-bond donors (Lipinski definition) is 0. The predicted molar refractivity (Wildman–Crippen MR) is 104 cm³/mol. The van der Waals surface area contributed by atoms with Crippen molar-refractivity contribution in [1.82, 2.24) is 9.80 Å². The van der Waals surface area contributed by atoms with Gasteiger partial charge in [-0.3, -0.25) is 9.59 Å². The molecule has 2 aliphatic heterocycles. The van der Waals surface area contributed by atoms with Crippen LogP contribution in [0.1, 0.15) is 31.2 Å². The molecular weight excluding hydrogens is 360 g/mol. The van der Waals surface area contributed by atoms with E-state index in [0.717, 1.165) is 31.4 Å². The minimum atomic E-state index is -0.451. The highest BCUT2D eigenvalue weighted by molar-refractivity contribution is 5.86. The molecule has 2 saturated heterocycles. The van der Waals surface area contributed by atoms with E-state index in [-0.39, 0.29) is 11.8 Å². The molecule has 7 heteroatoms. The number of ether oxygens (including phenoxy) is 3. The summed E-state index contributed by atoms with van der Waals surface area (Å²) in [6.45, 7) is 2.78. The van der Waals surface area contributed by atoms with Crippen LogP contribution in [0, 0.1) is 5.41 Å². The van der Waals surface area contributed by atoms with Gasteiger partial charge in [-0.2, -0.15) is 0 Å². The standard InChI is InChI=1S/C21H30N2O5/c1-26-13-8-18(24)23-12-10-21(15-23)9-5-11-22(20(21)25)14-16-6-4-7-17(27-2)19(16)28-3/h4,6-7H,5,8-15H2,1-3H3. The second-order valence-corrected chi connectivity index (χ2v) is 7.57. The van der Waals surface area contributed by atoms with Gasteiger partial charge >= 0.3 is 0 Å². The quantitative estimate of drug-likeness (QED) is 0.713. The molecule has 0 aromatic heterocycles. The minimum Gasteiger partial charge on any atom is -0.493 e. The van der Waals surface area contributed by atoms with E-state index in [1.165, 1.54) is 0 Å². The van der Waals surface area contributed by atoms with E-state index >= 15 is 0 Å². The Hall–Kier alpha value is -2.28. The van der Waals surface area contributed by atoms with Crippen LogP contribution in [0.15, 0.2) is 18.2 Å². The number of benzene rings is 1. The highest BCUT2D eigenvalue weighted by Crippen LogP contribution is 2.41. The van der Waals surface area contributed by atoms with E-state index < -0.39 is 5.41 Å². The van der Waals surface area contributed by atoms with Crippen LogP contribution in [0.3, 0.4) is 0 Å². The predicted octanol–water partition coefficient (Wildman–Crippen LogP) is 2.08. The Morgan fingerprint density at radius 3 is 2.68 bits per heavy atom. The lowest BCUT2D eigenvalue weighted by atomic mass is 9.78. The Bertz CT molecular complexity index is 723. The smallest absolute Gasteiger partial charge is 0.230 e. The van der Waals surface area contributed by atoms with E-state index in [9.17, 15) is 9.59 Å². The van der Waals surface area contributed by atoms with Crippen molar-refractivity contribution in [1.29, 1.82) is 0 Å². The number of hydrogen-bond acceptors (Lipinski definition) is 5. The summed E-state index contributed by atoms with van der Waals surface area (Å²) in [5.41, 5.74) is 0.478. The second-order valence-electron chi connectivity index (χ2n) is 7.57. The maximum absolute atomic E-state index is 13.4. The zero-order chi connectivity index (χ0) is 20.1. The van der Waals surface area contributed by atoms with Crippen LogP contribution in [-0.4, -0.2) is 69.2 Å². The van der Waals surface area contributed by atoms with Crippen LogP contribution in [0.2, 0.25) is 0 Å². The van der Waals surface area contributed by atoms with Crippen LogP contribution in [0.25, 0.3) is 0 Å². The van der Waals surface area contributed by atoms with Gasteiger partial charge in [-0.15, -0.1) is 0 Å². The Balaban J connectivity index is 1.73. The second kappa shape index (κ2) is 8.82. The summed E-state index contributed by atoms with van der Waals surface area (Å²) in [6, 6.07) is 5.72. The van der Waals surface area contributed by atoms with Crippen molar-refractivity contribution in [2.75, 3.05) is 47.6 Å². The van der Waals surface area contributed by atoms with Gasteiger partial charge in [0.1, 0.15) is 0 Å². The van der Waals surface area contributed by atoms with Crippen LogP contribution >= 0.6 is 0 Å². The Labute approximate surface area is 166 Å². The van der Waals surface area contributed by atoms with Crippen LogP contribution in [0.5, 0.6) is 11.5 Å². The van der Waals surface area contributed by atoms with Crippen molar-refractivity contribution in [2.45, 2.75) is 32.2 Å². The van der Waals surface area contributed by atoms with Crippen molar-refractivity contribution in [3.63, 3.8) is 0 Å². The molecule has 2 amide bonds. The molecule has 1 spiro atoms. The number of amides is 2. The summed E-state index contributed by atoms with van der Waals surface area (Å²) in [7, 11) is 4.81. The van der Waals surface area contributed by atoms with Crippen molar-refractivity contribution in [3.05, 3.63) is 23.8 Å². The number of para-hydroxylation sites is 1. The largest absolute Gasteiger partial charge is 0.493 e. The summed E-state index contributed by atoms with van der Waals surface area (Å²) in [5.74, 6) is 1.54. The monoisotopic (exact) mass is 390 g/mol. The molecule has 0 aliphatic carbocycles. The van der Waals surface area contributed by atoms with Crippen molar-refractivity contribution < 1.29 is 23.8 Å². The lowest BCUT2D eigenvalue weighted by molar-refractivity contribution is -0.146. The maximum atomic E-state index is 13.4. The van der Waals surface area contributed by atoms with Gasteiger partial charge in [0.15, 0.2) is 11.5 Å². The number of carbonyl (C=O) groups is 2. The first-order chi connectivity index (χ1) is 13.5. The first kappa shape index (κ1) is 20.5. The van der Waals surface area contributed by atoms with Gasteiger partial charge < -0.3 is 24.0 Å². The van der Waals surface area contributed by atoms with Gasteiger partial charge in [-0.1, -0.05) is 12.1 Å². The highest BCUT2D eigenvalue weighted by Gasteiger charge is 2.49. The minimum absolute atomic E-state index is 0.0677. The van der Waals surface area contributed by atoms with Crippen molar-refractivity contribution in [2.24, 2.45) is 5.41 Å². The SMILES string of the molecule is COCCC(=O)N1CCC2(CCCN(Cc3cccc(OC)c3OC)C2=O)C1. The van der Waals surface area contributed by atoms with Gasteiger partial charge in [0, 0.05) is 38.9 Å². The topological polar surface area (TPSA) is 68.3 Å². The van der Waals surface area contributed by atoms with E-state index in [1.807, 2.05) is 28.0 Å². The molecule has 154 valence electrons. The Morgan fingerprint density at radius 1 is 1.14 bits per heavy atom. The molecule has 0 saturated carbocycles. The molecule has 0 bridgehead atoms. The van der Waals surface area contributed by atoms with Gasteiger partial charge in [-0.05, 0) is 25.3 Å². The van der Waals surface area contributed by atoms with Gasteiger partial charge in [0.25, 0.3) is 0 Å². The summed E-state index contributed by atoms with van der Waals surface area (Å²) in [5, 5.41) is 0. The number of likely N-dealkylation sites (tertiary alicyclic amines) is 2. The number of carbonyl (C=O) groups excluding carboxylic acids is 2. The number of rotatable bonds is 7. The first-order valence-electron chi connectivity index (χ1n) is 9.80. The van der Waals surface area contributed by atoms with E-state index in [2.05, 4.69) is 0 Å².